The Morgan fingerprint density at radius 3 is 2.48 bits per heavy atom. The molecule has 1 rings (SSSR count). The van der Waals surface area contributed by atoms with Gasteiger partial charge in [-0.2, -0.15) is 0 Å². The zero-order valence-electron chi connectivity index (χ0n) is 13.4. The maximum atomic E-state index is 12.3. The molecule has 3 nitrogen and oxygen atoms in total. The molecule has 0 saturated heterocycles. The molecule has 4 heteroatoms. The van der Waals surface area contributed by atoms with E-state index in [2.05, 4.69) is 32.7 Å². The van der Waals surface area contributed by atoms with Gasteiger partial charge in [-0.15, -0.1) is 6.58 Å². The monoisotopic (exact) mass is 309 g/mol. The van der Waals surface area contributed by atoms with E-state index >= 15 is 0 Å². The van der Waals surface area contributed by atoms with Gasteiger partial charge < -0.3 is 10.1 Å². The minimum atomic E-state index is -0.453. The Morgan fingerprint density at radius 1 is 1.33 bits per heavy atom. The van der Waals surface area contributed by atoms with Gasteiger partial charge in [0.15, 0.2) is 0 Å². The lowest BCUT2D eigenvalue weighted by Gasteiger charge is -2.39. The molecule has 0 aliphatic heterocycles. The summed E-state index contributed by atoms with van der Waals surface area (Å²) in [6.07, 6.45) is 1.62. The maximum Gasteiger partial charge on any atom is 0.256 e. The molecule has 0 aliphatic carbocycles. The van der Waals surface area contributed by atoms with Gasteiger partial charge in [0.1, 0.15) is 11.4 Å². The van der Waals surface area contributed by atoms with Crippen molar-refractivity contribution in [3.8, 4) is 5.75 Å². The number of ether oxygens (including phenoxy) is 1. The molecule has 0 radical (unpaired) electrons. The van der Waals surface area contributed by atoms with Gasteiger partial charge in [0, 0.05) is 12.0 Å². The number of carbonyl (C=O) groups is 1. The van der Waals surface area contributed by atoms with Crippen LogP contribution in [0.25, 0.3) is 0 Å². The minimum Gasteiger partial charge on any atom is -0.486 e. The summed E-state index contributed by atoms with van der Waals surface area (Å²) in [7, 11) is 0. The van der Waals surface area contributed by atoms with E-state index in [1.807, 2.05) is 13.8 Å². The van der Waals surface area contributed by atoms with E-state index in [0.29, 0.717) is 22.9 Å². The second-order valence-electron chi connectivity index (χ2n) is 6.47. The third-order valence-electron chi connectivity index (χ3n) is 3.78. The largest absolute Gasteiger partial charge is 0.486 e. The molecule has 0 spiro atoms. The molecule has 0 saturated carbocycles. The van der Waals surface area contributed by atoms with Crippen molar-refractivity contribution in [2.45, 2.75) is 40.2 Å². The van der Waals surface area contributed by atoms with Crippen molar-refractivity contribution in [3.63, 3.8) is 0 Å². The molecule has 1 aromatic carbocycles. The fraction of sp³-hybridized carbons (Fsp3) is 0.471. The maximum absolute atomic E-state index is 12.3. The lowest BCUT2D eigenvalue weighted by Crippen LogP contribution is -2.42. The second kappa shape index (κ2) is 6.52. The highest BCUT2D eigenvalue weighted by Crippen LogP contribution is 2.37. The summed E-state index contributed by atoms with van der Waals surface area (Å²) in [5.74, 6) is 0.226. The Kier molecular flexibility index (Phi) is 5.46. The van der Waals surface area contributed by atoms with Gasteiger partial charge in [-0.05, 0) is 26.0 Å². The first-order valence-corrected chi connectivity index (χ1v) is 7.34. The van der Waals surface area contributed by atoms with Crippen LogP contribution in [0.1, 0.15) is 45.0 Å². The van der Waals surface area contributed by atoms with E-state index in [-0.39, 0.29) is 11.3 Å². The summed E-state index contributed by atoms with van der Waals surface area (Å²) >= 11 is 6.18. The van der Waals surface area contributed by atoms with Crippen LogP contribution in [0.15, 0.2) is 30.9 Å². The minimum absolute atomic E-state index is 0.0931. The van der Waals surface area contributed by atoms with Crippen molar-refractivity contribution in [2.24, 2.45) is 5.41 Å². The molecule has 116 valence electrons. The van der Waals surface area contributed by atoms with E-state index in [4.69, 9.17) is 16.3 Å². The van der Waals surface area contributed by atoms with E-state index in [1.54, 1.807) is 24.3 Å². The van der Waals surface area contributed by atoms with E-state index in [1.165, 1.54) is 0 Å². The van der Waals surface area contributed by atoms with Gasteiger partial charge in [-0.25, -0.2) is 0 Å². The average Bonchev–Trinajstić information content (AvgIpc) is 2.34. The Balaban J connectivity index is 3.17. The standard InChI is InChI=1S/C17H24ClNO2/c1-7-11-19-15(20)14-12(18)9-8-10-13(14)21-17(5,6)16(2,3)4/h7-10H,1,11H2,2-6H3,(H,19,20). The number of hydrogen-bond acceptors (Lipinski definition) is 2. The van der Waals surface area contributed by atoms with Crippen molar-refractivity contribution in [1.82, 2.24) is 5.32 Å². The second-order valence-corrected chi connectivity index (χ2v) is 6.88. The molecule has 0 atom stereocenters. The van der Waals surface area contributed by atoms with E-state index < -0.39 is 5.60 Å². The Morgan fingerprint density at radius 2 is 1.95 bits per heavy atom. The van der Waals surface area contributed by atoms with Crippen LogP contribution in [-0.2, 0) is 0 Å². The molecular formula is C17H24ClNO2. The fourth-order valence-corrected chi connectivity index (χ4v) is 1.74. The predicted molar refractivity (Wildman–Crippen MR) is 88.1 cm³/mol. The lowest BCUT2D eigenvalue weighted by atomic mass is 9.79. The predicted octanol–water partition coefficient (Wildman–Crippen LogP) is 4.46. The molecule has 0 fully saturated rings. The van der Waals surface area contributed by atoms with Crippen LogP contribution in [-0.4, -0.2) is 18.1 Å². The van der Waals surface area contributed by atoms with Gasteiger partial charge in [-0.1, -0.05) is 44.5 Å². The van der Waals surface area contributed by atoms with Crippen LogP contribution in [0.3, 0.4) is 0 Å². The molecule has 0 aliphatic rings. The van der Waals surface area contributed by atoms with Crippen LogP contribution in [0.5, 0.6) is 5.75 Å². The number of nitrogens with one attached hydrogen (secondary N) is 1. The van der Waals surface area contributed by atoms with E-state index in [0.717, 1.165) is 0 Å². The zero-order valence-corrected chi connectivity index (χ0v) is 14.2. The first-order chi connectivity index (χ1) is 9.60. The van der Waals surface area contributed by atoms with Gasteiger partial charge in [0.05, 0.1) is 10.6 Å². The van der Waals surface area contributed by atoms with Crippen LogP contribution >= 0.6 is 11.6 Å². The quantitative estimate of drug-likeness (QED) is 0.816. The molecule has 0 unspecified atom stereocenters. The molecule has 1 amide bonds. The third-order valence-corrected chi connectivity index (χ3v) is 4.10. The summed E-state index contributed by atoms with van der Waals surface area (Å²) in [4.78, 5) is 12.3. The molecule has 1 aromatic rings. The third kappa shape index (κ3) is 4.24. The number of halogens is 1. The number of carbonyl (C=O) groups excluding carboxylic acids is 1. The van der Waals surface area contributed by atoms with Gasteiger partial charge in [0.25, 0.3) is 5.91 Å². The van der Waals surface area contributed by atoms with Crippen molar-refractivity contribution in [1.29, 1.82) is 0 Å². The van der Waals surface area contributed by atoms with Gasteiger partial charge in [-0.3, -0.25) is 4.79 Å². The number of hydrogen-bond donors (Lipinski definition) is 1. The molecule has 0 aromatic heterocycles. The number of rotatable bonds is 5. The van der Waals surface area contributed by atoms with Crippen LogP contribution in [0.2, 0.25) is 5.02 Å². The lowest BCUT2D eigenvalue weighted by molar-refractivity contribution is 0.000199. The summed E-state index contributed by atoms with van der Waals surface area (Å²) < 4.78 is 6.11. The van der Waals surface area contributed by atoms with Gasteiger partial charge >= 0.3 is 0 Å². The SMILES string of the molecule is C=CCNC(=O)c1c(Cl)cccc1OC(C)(C)C(C)(C)C. The van der Waals surface area contributed by atoms with Gasteiger partial charge in [0.2, 0.25) is 0 Å². The molecule has 21 heavy (non-hydrogen) atoms. The van der Waals surface area contributed by atoms with Crippen molar-refractivity contribution >= 4 is 17.5 Å². The summed E-state index contributed by atoms with van der Waals surface area (Å²) in [5, 5.41) is 3.11. The highest BCUT2D eigenvalue weighted by molar-refractivity contribution is 6.34. The van der Waals surface area contributed by atoms with Crippen molar-refractivity contribution in [3.05, 3.63) is 41.4 Å². The number of benzene rings is 1. The topological polar surface area (TPSA) is 38.3 Å². The van der Waals surface area contributed by atoms with Crippen LogP contribution < -0.4 is 10.1 Å². The Hall–Kier alpha value is -1.48. The Labute approximate surface area is 132 Å². The van der Waals surface area contributed by atoms with Crippen LogP contribution in [0, 0.1) is 5.41 Å². The summed E-state index contributed by atoms with van der Waals surface area (Å²) in [6, 6.07) is 5.23. The van der Waals surface area contributed by atoms with Crippen molar-refractivity contribution < 1.29 is 9.53 Å². The van der Waals surface area contributed by atoms with Crippen molar-refractivity contribution in [2.75, 3.05) is 6.54 Å². The smallest absolute Gasteiger partial charge is 0.256 e. The average molecular weight is 310 g/mol. The highest BCUT2D eigenvalue weighted by atomic mass is 35.5. The first-order valence-electron chi connectivity index (χ1n) is 6.97. The van der Waals surface area contributed by atoms with Crippen LogP contribution in [0.4, 0.5) is 0 Å². The number of amides is 1. The summed E-state index contributed by atoms with van der Waals surface area (Å²) in [5.41, 5.74) is -0.187. The molecule has 0 bridgehead atoms. The highest BCUT2D eigenvalue weighted by Gasteiger charge is 2.36. The normalized spacial score (nSPS) is 11.9. The first kappa shape index (κ1) is 17.6. The summed E-state index contributed by atoms with van der Waals surface area (Å²) in [6.45, 7) is 14.2. The zero-order chi connectivity index (χ0) is 16.3. The molecule has 0 heterocycles. The Bertz CT molecular complexity index is 530. The molecule has 1 N–H and O–H groups in total. The fourth-order valence-electron chi connectivity index (χ4n) is 1.49. The van der Waals surface area contributed by atoms with E-state index in [9.17, 15) is 4.79 Å². The molecular weight excluding hydrogens is 286 g/mol.